The van der Waals surface area contributed by atoms with Crippen molar-refractivity contribution in [2.75, 3.05) is 18.2 Å². The zero-order valence-corrected chi connectivity index (χ0v) is 15.6. The summed E-state index contributed by atoms with van der Waals surface area (Å²) in [6.07, 6.45) is -3.49. The normalized spacial score (nSPS) is 12.1. The zero-order chi connectivity index (χ0) is 19.9. The van der Waals surface area contributed by atoms with Crippen LogP contribution < -0.4 is 4.90 Å². The summed E-state index contributed by atoms with van der Waals surface area (Å²) in [6.45, 7) is 1.59. The summed E-state index contributed by atoms with van der Waals surface area (Å²) in [5.41, 5.74) is 0.277. The van der Waals surface area contributed by atoms with Crippen molar-refractivity contribution in [3.63, 3.8) is 0 Å². The van der Waals surface area contributed by atoms with Gasteiger partial charge in [-0.1, -0.05) is 0 Å². The standard InChI is InChI=1S/C17H15ClF3NO3S/c1-10-8-14(15(26(3,24)25)9-13(10)16(18)23)22(2)12-6-4-11(5-7-12)17(19,20)21/h4-9H,1-3H3. The lowest BCUT2D eigenvalue weighted by Gasteiger charge is -2.23. The second-order valence-corrected chi connectivity index (χ2v) is 8.11. The van der Waals surface area contributed by atoms with E-state index >= 15 is 0 Å². The maximum absolute atomic E-state index is 12.7. The molecule has 0 saturated carbocycles. The van der Waals surface area contributed by atoms with E-state index in [0.29, 0.717) is 11.3 Å². The third-order valence-corrected chi connectivity index (χ3v) is 5.19. The van der Waals surface area contributed by atoms with Gasteiger partial charge < -0.3 is 4.90 Å². The lowest BCUT2D eigenvalue weighted by Crippen LogP contribution is -2.15. The molecule has 0 fully saturated rings. The predicted octanol–water partition coefficient (Wildman–Crippen LogP) is 4.56. The maximum Gasteiger partial charge on any atom is 0.416 e. The van der Waals surface area contributed by atoms with Crippen LogP contribution in [0, 0.1) is 6.92 Å². The van der Waals surface area contributed by atoms with Crippen molar-refractivity contribution in [1.29, 1.82) is 0 Å². The highest BCUT2D eigenvalue weighted by Gasteiger charge is 2.30. The molecule has 26 heavy (non-hydrogen) atoms. The summed E-state index contributed by atoms with van der Waals surface area (Å²) >= 11 is 5.49. The van der Waals surface area contributed by atoms with E-state index in [2.05, 4.69) is 0 Å². The van der Waals surface area contributed by atoms with Crippen LogP contribution in [0.4, 0.5) is 24.5 Å². The highest BCUT2D eigenvalue weighted by atomic mass is 35.5. The van der Waals surface area contributed by atoms with Crippen LogP contribution in [0.1, 0.15) is 21.5 Å². The SMILES string of the molecule is Cc1cc(N(C)c2ccc(C(F)(F)F)cc2)c(S(C)(=O)=O)cc1C(=O)Cl. The summed E-state index contributed by atoms with van der Waals surface area (Å²) in [5, 5.41) is -0.795. The summed E-state index contributed by atoms with van der Waals surface area (Å²) in [6, 6.07) is 6.94. The highest BCUT2D eigenvalue weighted by Crippen LogP contribution is 2.35. The van der Waals surface area contributed by atoms with E-state index in [0.717, 1.165) is 18.4 Å². The molecular weight excluding hydrogens is 391 g/mol. The minimum atomic E-state index is -4.46. The maximum atomic E-state index is 12.7. The third-order valence-electron chi connectivity index (χ3n) is 3.86. The van der Waals surface area contributed by atoms with Crippen LogP contribution in [0.5, 0.6) is 0 Å². The predicted molar refractivity (Wildman–Crippen MR) is 94.0 cm³/mol. The van der Waals surface area contributed by atoms with Gasteiger partial charge in [-0.05, 0) is 60.5 Å². The second kappa shape index (κ2) is 6.92. The Balaban J connectivity index is 2.60. The first-order chi connectivity index (χ1) is 11.8. The molecular formula is C17H15ClF3NO3S. The Morgan fingerprint density at radius 3 is 2.08 bits per heavy atom. The first-order valence-electron chi connectivity index (χ1n) is 7.28. The van der Waals surface area contributed by atoms with E-state index in [1.807, 2.05) is 0 Å². The lowest BCUT2D eigenvalue weighted by atomic mass is 10.1. The van der Waals surface area contributed by atoms with Gasteiger partial charge in [0.25, 0.3) is 5.24 Å². The first kappa shape index (κ1) is 20.3. The van der Waals surface area contributed by atoms with Gasteiger partial charge >= 0.3 is 6.18 Å². The van der Waals surface area contributed by atoms with Gasteiger partial charge in [0.2, 0.25) is 0 Å². The summed E-state index contributed by atoms with van der Waals surface area (Å²) in [5.74, 6) is 0. The summed E-state index contributed by atoms with van der Waals surface area (Å²) in [7, 11) is -2.20. The van der Waals surface area contributed by atoms with Crippen LogP contribution in [0.3, 0.4) is 0 Å². The van der Waals surface area contributed by atoms with Crippen molar-refractivity contribution < 1.29 is 26.4 Å². The van der Waals surface area contributed by atoms with Gasteiger partial charge in [0.1, 0.15) is 0 Å². The van der Waals surface area contributed by atoms with Crippen molar-refractivity contribution in [2.24, 2.45) is 0 Å². The molecule has 0 bridgehead atoms. The van der Waals surface area contributed by atoms with Gasteiger partial charge in [0.05, 0.1) is 16.1 Å². The summed E-state index contributed by atoms with van der Waals surface area (Å²) < 4.78 is 62.4. The monoisotopic (exact) mass is 405 g/mol. The van der Waals surface area contributed by atoms with Gasteiger partial charge in [-0.15, -0.1) is 0 Å². The molecule has 0 saturated heterocycles. The van der Waals surface area contributed by atoms with E-state index in [4.69, 9.17) is 11.6 Å². The van der Waals surface area contributed by atoms with Gasteiger partial charge in [0, 0.05) is 24.6 Å². The van der Waals surface area contributed by atoms with Crippen molar-refractivity contribution in [2.45, 2.75) is 18.0 Å². The molecule has 0 radical (unpaired) electrons. The van der Waals surface area contributed by atoms with E-state index in [1.54, 1.807) is 6.92 Å². The first-order valence-corrected chi connectivity index (χ1v) is 9.55. The Hall–Kier alpha value is -2.06. The molecule has 9 heteroatoms. The van der Waals surface area contributed by atoms with Crippen LogP contribution in [0.15, 0.2) is 41.3 Å². The van der Waals surface area contributed by atoms with Gasteiger partial charge in [-0.3, -0.25) is 4.79 Å². The largest absolute Gasteiger partial charge is 0.416 e. The van der Waals surface area contributed by atoms with Crippen LogP contribution in [0.25, 0.3) is 0 Å². The van der Waals surface area contributed by atoms with Crippen molar-refractivity contribution in [1.82, 2.24) is 0 Å². The minimum absolute atomic E-state index is 0.0525. The molecule has 2 aromatic carbocycles. The van der Waals surface area contributed by atoms with Gasteiger partial charge in [-0.2, -0.15) is 13.2 Å². The van der Waals surface area contributed by atoms with Crippen molar-refractivity contribution in [3.8, 4) is 0 Å². The van der Waals surface area contributed by atoms with Crippen LogP contribution >= 0.6 is 11.6 Å². The van der Waals surface area contributed by atoms with E-state index < -0.39 is 26.8 Å². The molecule has 0 spiro atoms. The molecule has 2 aromatic rings. The fourth-order valence-corrected chi connectivity index (χ4v) is 3.57. The fourth-order valence-electron chi connectivity index (χ4n) is 2.46. The Bertz CT molecular complexity index is 954. The number of anilines is 2. The molecule has 140 valence electrons. The minimum Gasteiger partial charge on any atom is -0.344 e. The molecule has 0 N–H and O–H groups in total. The molecule has 4 nitrogen and oxygen atoms in total. The quantitative estimate of drug-likeness (QED) is 0.699. The smallest absolute Gasteiger partial charge is 0.344 e. The fraction of sp³-hybridized carbons (Fsp3) is 0.235. The van der Waals surface area contributed by atoms with E-state index in [9.17, 15) is 26.4 Å². The number of rotatable bonds is 4. The van der Waals surface area contributed by atoms with E-state index in [-0.39, 0.29) is 16.1 Å². The number of aryl methyl sites for hydroxylation is 1. The van der Waals surface area contributed by atoms with Crippen LogP contribution in [-0.2, 0) is 16.0 Å². The molecule has 2 rings (SSSR count). The third kappa shape index (κ3) is 4.19. The molecule has 0 aliphatic heterocycles. The topological polar surface area (TPSA) is 54.5 Å². The molecule has 0 aromatic heterocycles. The number of sulfone groups is 1. The number of halogens is 4. The highest BCUT2D eigenvalue weighted by molar-refractivity contribution is 7.90. The number of carbonyl (C=O) groups excluding carboxylic acids is 1. The van der Waals surface area contributed by atoms with Crippen LogP contribution in [-0.4, -0.2) is 27.0 Å². The number of benzene rings is 2. The molecule has 0 aliphatic rings. The van der Waals surface area contributed by atoms with Crippen molar-refractivity contribution in [3.05, 3.63) is 53.1 Å². The molecule has 0 atom stereocenters. The average molecular weight is 406 g/mol. The van der Waals surface area contributed by atoms with Crippen molar-refractivity contribution >= 4 is 38.1 Å². The van der Waals surface area contributed by atoms with Crippen LogP contribution in [0.2, 0.25) is 0 Å². The molecule has 0 unspecified atom stereocenters. The summed E-state index contributed by atoms with van der Waals surface area (Å²) in [4.78, 5) is 12.8. The number of alkyl halides is 3. The lowest BCUT2D eigenvalue weighted by molar-refractivity contribution is -0.137. The number of carbonyl (C=O) groups is 1. The Labute approximate surface area is 154 Å². The average Bonchev–Trinajstić information content (AvgIpc) is 2.51. The molecule has 0 aliphatic carbocycles. The molecule has 0 amide bonds. The number of hydrogen-bond acceptors (Lipinski definition) is 4. The van der Waals surface area contributed by atoms with E-state index in [1.165, 1.54) is 36.2 Å². The Kier molecular flexibility index (Phi) is 5.39. The second-order valence-electron chi connectivity index (χ2n) is 5.78. The van der Waals surface area contributed by atoms with Gasteiger partial charge in [0.15, 0.2) is 9.84 Å². The number of nitrogens with zero attached hydrogens (tertiary/aromatic N) is 1. The Morgan fingerprint density at radius 1 is 1.12 bits per heavy atom. The molecule has 0 heterocycles. The number of hydrogen-bond donors (Lipinski definition) is 0. The zero-order valence-electron chi connectivity index (χ0n) is 14.1. The van der Waals surface area contributed by atoms with Gasteiger partial charge in [-0.25, -0.2) is 8.42 Å². The Morgan fingerprint density at radius 2 is 1.65 bits per heavy atom.